The van der Waals surface area contributed by atoms with Gasteiger partial charge in [-0.05, 0) is 39.4 Å². The van der Waals surface area contributed by atoms with E-state index in [9.17, 15) is 4.79 Å². The number of nitrogens with zero attached hydrogens (tertiary/aromatic N) is 1. The average molecular weight is 214 g/mol. The summed E-state index contributed by atoms with van der Waals surface area (Å²) in [6.45, 7) is 3.93. The summed E-state index contributed by atoms with van der Waals surface area (Å²) in [6, 6.07) is 0.0882. The Bertz CT molecular complexity index is 221. The Morgan fingerprint density at radius 3 is 2.73 bits per heavy atom. The van der Waals surface area contributed by atoms with Crippen LogP contribution in [0.25, 0.3) is 0 Å². The molecule has 1 aliphatic heterocycles. The third kappa shape index (κ3) is 3.18. The van der Waals surface area contributed by atoms with E-state index in [-0.39, 0.29) is 12.0 Å². The van der Waals surface area contributed by atoms with Crippen molar-refractivity contribution >= 4 is 5.97 Å². The fourth-order valence-corrected chi connectivity index (χ4v) is 2.55. The van der Waals surface area contributed by atoms with Crippen molar-refractivity contribution in [1.82, 2.24) is 10.2 Å². The maximum atomic E-state index is 11.0. The number of hydrogen-bond donors (Lipinski definition) is 2. The van der Waals surface area contributed by atoms with Crippen LogP contribution in [0.1, 0.15) is 19.8 Å². The van der Waals surface area contributed by atoms with Crippen molar-refractivity contribution in [2.24, 2.45) is 11.8 Å². The van der Waals surface area contributed by atoms with E-state index in [0.29, 0.717) is 5.92 Å². The normalized spacial score (nSPS) is 27.3. The van der Waals surface area contributed by atoms with E-state index in [1.165, 1.54) is 6.42 Å². The fraction of sp³-hybridized carbons (Fsp3) is 0.909. The number of carboxylic acids is 1. The van der Waals surface area contributed by atoms with Crippen molar-refractivity contribution in [3.63, 3.8) is 0 Å². The number of nitrogens with one attached hydrogen (secondary N) is 1. The van der Waals surface area contributed by atoms with Crippen molar-refractivity contribution in [1.29, 1.82) is 0 Å². The quantitative estimate of drug-likeness (QED) is 0.721. The summed E-state index contributed by atoms with van der Waals surface area (Å²) in [7, 11) is 3.96. The largest absolute Gasteiger partial charge is 0.481 e. The van der Waals surface area contributed by atoms with Crippen LogP contribution in [0.3, 0.4) is 0 Å². The molecule has 3 unspecified atom stereocenters. The maximum absolute atomic E-state index is 11.0. The van der Waals surface area contributed by atoms with E-state index in [0.717, 1.165) is 19.5 Å². The van der Waals surface area contributed by atoms with Gasteiger partial charge in [0.15, 0.2) is 0 Å². The Morgan fingerprint density at radius 1 is 1.60 bits per heavy atom. The highest BCUT2D eigenvalue weighted by atomic mass is 16.4. The van der Waals surface area contributed by atoms with Gasteiger partial charge in [-0.1, -0.05) is 6.92 Å². The summed E-state index contributed by atoms with van der Waals surface area (Å²) in [5.41, 5.74) is 0. The molecule has 4 heteroatoms. The predicted molar refractivity (Wildman–Crippen MR) is 59.9 cm³/mol. The molecular formula is C11H22N2O2. The monoisotopic (exact) mass is 214 g/mol. The predicted octanol–water partition coefficient (Wildman–Crippen LogP) is 0.637. The summed E-state index contributed by atoms with van der Waals surface area (Å²) in [5.74, 6) is -0.561. The molecule has 1 saturated heterocycles. The summed E-state index contributed by atoms with van der Waals surface area (Å²) in [4.78, 5) is 13.3. The van der Waals surface area contributed by atoms with E-state index in [2.05, 4.69) is 17.3 Å². The molecule has 1 fully saturated rings. The topological polar surface area (TPSA) is 52.6 Å². The lowest BCUT2D eigenvalue weighted by atomic mass is 9.84. The third-order valence-corrected chi connectivity index (χ3v) is 3.43. The van der Waals surface area contributed by atoms with Crippen molar-refractivity contribution < 1.29 is 9.90 Å². The van der Waals surface area contributed by atoms with Crippen LogP contribution in [0.5, 0.6) is 0 Å². The van der Waals surface area contributed by atoms with Crippen LogP contribution in [0.2, 0.25) is 0 Å². The summed E-state index contributed by atoms with van der Waals surface area (Å²) in [6.07, 6.45) is 2.30. The van der Waals surface area contributed by atoms with E-state index >= 15 is 0 Å². The molecule has 0 aromatic carbocycles. The molecule has 88 valence electrons. The number of carboxylic acid groups (broad SMARTS) is 1. The Balaban J connectivity index is 2.60. The zero-order valence-electron chi connectivity index (χ0n) is 9.86. The first-order chi connectivity index (χ1) is 7.06. The van der Waals surface area contributed by atoms with Crippen LogP contribution >= 0.6 is 0 Å². The number of aliphatic carboxylic acids is 1. The minimum atomic E-state index is -0.706. The zero-order chi connectivity index (χ0) is 11.4. The summed E-state index contributed by atoms with van der Waals surface area (Å²) in [5, 5.41) is 12.2. The van der Waals surface area contributed by atoms with Crippen LogP contribution in [-0.4, -0.2) is 49.2 Å². The second-order valence-electron chi connectivity index (χ2n) is 4.61. The Kier molecular flexibility index (Phi) is 4.54. The second-order valence-corrected chi connectivity index (χ2v) is 4.61. The van der Waals surface area contributed by atoms with Gasteiger partial charge in [0.2, 0.25) is 0 Å². The smallest absolute Gasteiger partial charge is 0.307 e. The molecule has 0 aromatic rings. The fourth-order valence-electron chi connectivity index (χ4n) is 2.55. The van der Waals surface area contributed by atoms with Crippen LogP contribution in [-0.2, 0) is 4.79 Å². The van der Waals surface area contributed by atoms with Gasteiger partial charge in [-0.25, -0.2) is 0 Å². The molecular weight excluding hydrogens is 192 g/mol. The Labute approximate surface area is 91.6 Å². The standard InChI is InChI=1S/C11H22N2O2/c1-8(11(14)15)10(12-2)9-5-4-6-13(3)7-9/h8-10,12H,4-7H2,1-3H3,(H,14,15). The van der Waals surface area contributed by atoms with Crippen LogP contribution in [0.4, 0.5) is 0 Å². The van der Waals surface area contributed by atoms with Gasteiger partial charge in [-0.2, -0.15) is 0 Å². The van der Waals surface area contributed by atoms with Crippen molar-refractivity contribution in [2.75, 3.05) is 27.2 Å². The average Bonchev–Trinajstić information content (AvgIpc) is 2.18. The zero-order valence-corrected chi connectivity index (χ0v) is 9.86. The number of likely N-dealkylation sites (tertiary alicyclic amines) is 1. The highest BCUT2D eigenvalue weighted by molar-refractivity contribution is 5.70. The van der Waals surface area contributed by atoms with Gasteiger partial charge in [-0.3, -0.25) is 4.79 Å². The van der Waals surface area contributed by atoms with Gasteiger partial charge < -0.3 is 15.3 Å². The molecule has 0 aromatic heterocycles. The minimum absolute atomic E-state index is 0.0882. The molecule has 3 atom stereocenters. The highest BCUT2D eigenvalue weighted by Gasteiger charge is 2.31. The summed E-state index contributed by atoms with van der Waals surface area (Å²) < 4.78 is 0. The molecule has 4 nitrogen and oxygen atoms in total. The van der Waals surface area contributed by atoms with Crippen molar-refractivity contribution in [3.05, 3.63) is 0 Å². The first-order valence-electron chi connectivity index (χ1n) is 5.65. The molecule has 2 N–H and O–H groups in total. The number of piperidine rings is 1. The highest BCUT2D eigenvalue weighted by Crippen LogP contribution is 2.23. The Hall–Kier alpha value is -0.610. The van der Waals surface area contributed by atoms with Crippen molar-refractivity contribution in [3.8, 4) is 0 Å². The molecule has 0 spiro atoms. The number of carbonyl (C=O) groups is 1. The minimum Gasteiger partial charge on any atom is -0.481 e. The third-order valence-electron chi connectivity index (χ3n) is 3.43. The van der Waals surface area contributed by atoms with Gasteiger partial charge in [0, 0.05) is 12.6 Å². The van der Waals surface area contributed by atoms with E-state index in [4.69, 9.17) is 5.11 Å². The van der Waals surface area contributed by atoms with Gasteiger partial charge >= 0.3 is 5.97 Å². The van der Waals surface area contributed by atoms with Gasteiger partial charge in [0.1, 0.15) is 0 Å². The molecule has 0 amide bonds. The van der Waals surface area contributed by atoms with Crippen LogP contribution in [0.15, 0.2) is 0 Å². The number of rotatable bonds is 4. The van der Waals surface area contributed by atoms with Crippen LogP contribution in [0, 0.1) is 11.8 Å². The van der Waals surface area contributed by atoms with E-state index in [1.54, 1.807) is 6.92 Å². The molecule has 1 heterocycles. The number of hydrogen-bond acceptors (Lipinski definition) is 3. The van der Waals surface area contributed by atoms with Crippen LogP contribution < -0.4 is 5.32 Å². The first kappa shape index (κ1) is 12.5. The maximum Gasteiger partial charge on any atom is 0.307 e. The molecule has 0 radical (unpaired) electrons. The lowest BCUT2D eigenvalue weighted by molar-refractivity contribution is -0.142. The lowest BCUT2D eigenvalue weighted by Gasteiger charge is -2.36. The molecule has 0 bridgehead atoms. The lowest BCUT2D eigenvalue weighted by Crippen LogP contribution is -2.48. The molecule has 0 aliphatic carbocycles. The van der Waals surface area contributed by atoms with Gasteiger partial charge in [-0.15, -0.1) is 0 Å². The van der Waals surface area contributed by atoms with Gasteiger partial charge in [0.05, 0.1) is 5.92 Å². The molecule has 0 saturated carbocycles. The Morgan fingerprint density at radius 2 is 2.27 bits per heavy atom. The second kappa shape index (κ2) is 5.47. The first-order valence-corrected chi connectivity index (χ1v) is 5.65. The van der Waals surface area contributed by atoms with E-state index in [1.807, 2.05) is 7.05 Å². The summed E-state index contributed by atoms with van der Waals surface area (Å²) >= 11 is 0. The SMILES string of the molecule is CNC(C1CCCN(C)C1)C(C)C(=O)O. The molecule has 1 aliphatic rings. The molecule has 1 rings (SSSR count). The molecule has 15 heavy (non-hydrogen) atoms. The van der Waals surface area contributed by atoms with E-state index < -0.39 is 5.97 Å². The van der Waals surface area contributed by atoms with Gasteiger partial charge in [0.25, 0.3) is 0 Å². The van der Waals surface area contributed by atoms with Crippen molar-refractivity contribution in [2.45, 2.75) is 25.8 Å².